The van der Waals surface area contributed by atoms with Gasteiger partial charge in [-0.25, -0.2) is 4.98 Å². The molecule has 2 heterocycles. The summed E-state index contributed by atoms with van der Waals surface area (Å²) in [5.41, 5.74) is 0. The standard InChI is InChI=1S/C10H17N5O/c1-7-4-8(2-3-11-7)10(16)12-5-9-13-6-14-15-9/h6-8,11H,2-5H2,1H3,(H,12,16)(H,13,14,15). The molecule has 0 saturated carbocycles. The molecule has 0 radical (unpaired) electrons. The largest absolute Gasteiger partial charge is 0.349 e. The van der Waals surface area contributed by atoms with E-state index in [9.17, 15) is 4.79 Å². The van der Waals surface area contributed by atoms with Crippen LogP contribution < -0.4 is 10.6 Å². The second kappa shape index (κ2) is 5.07. The van der Waals surface area contributed by atoms with Crippen LogP contribution >= 0.6 is 0 Å². The number of nitrogens with one attached hydrogen (secondary N) is 3. The molecule has 3 N–H and O–H groups in total. The molecule has 1 amide bonds. The lowest BCUT2D eigenvalue weighted by atomic mass is 9.92. The van der Waals surface area contributed by atoms with E-state index in [1.54, 1.807) is 0 Å². The summed E-state index contributed by atoms with van der Waals surface area (Å²) in [4.78, 5) is 15.8. The third kappa shape index (κ3) is 2.79. The van der Waals surface area contributed by atoms with Crippen LogP contribution in [0.2, 0.25) is 0 Å². The molecule has 6 heteroatoms. The van der Waals surface area contributed by atoms with Crippen LogP contribution in [0.25, 0.3) is 0 Å². The summed E-state index contributed by atoms with van der Waals surface area (Å²) < 4.78 is 0. The highest BCUT2D eigenvalue weighted by atomic mass is 16.1. The quantitative estimate of drug-likeness (QED) is 0.663. The smallest absolute Gasteiger partial charge is 0.223 e. The van der Waals surface area contributed by atoms with Gasteiger partial charge in [0.2, 0.25) is 5.91 Å². The third-order valence-electron chi connectivity index (χ3n) is 2.89. The molecular formula is C10H17N5O. The second-order valence-corrected chi connectivity index (χ2v) is 4.23. The van der Waals surface area contributed by atoms with Gasteiger partial charge in [-0.1, -0.05) is 0 Å². The van der Waals surface area contributed by atoms with E-state index < -0.39 is 0 Å². The van der Waals surface area contributed by atoms with Crippen molar-refractivity contribution in [2.24, 2.45) is 5.92 Å². The van der Waals surface area contributed by atoms with Crippen molar-refractivity contribution in [3.8, 4) is 0 Å². The Balaban J connectivity index is 1.79. The van der Waals surface area contributed by atoms with Crippen molar-refractivity contribution in [2.75, 3.05) is 6.54 Å². The summed E-state index contributed by atoms with van der Waals surface area (Å²) in [7, 11) is 0. The number of piperidine rings is 1. The van der Waals surface area contributed by atoms with Gasteiger partial charge in [-0.2, -0.15) is 5.10 Å². The number of carbonyl (C=O) groups is 1. The van der Waals surface area contributed by atoms with Crippen LogP contribution in [0.4, 0.5) is 0 Å². The van der Waals surface area contributed by atoms with Crippen LogP contribution in [0, 0.1) is 5.92 Å². The van der Waals surface area contributed by atoms with Crippen molar-refractivity contribution in [2.45, 2.75) is 32.4 Å². The van der Waals surface area contributed by atoms with E-state index in [0.29, 0.717) is 18.4 Å². The summed E-state index contributed by atoms with van der Waals surface area (Å²) >= 11 is 0. The zero-order chi connectivity index (χ0) is 11.4. The lowest BCUT2D eigenvalue weighted by Crippen LogP contribution is -2.42. The van der Waals surface area contributed by atoms with Crippen LogP contribution in [0.1, 0.15) is 25.6 Å². The topological polar surface area (TPSA) is 82.7 Å². The van der Waals surface area contributed by atoms with E-state index in [1.807, 2.05) is 0 Å². The van der Waals surface area contributed by atoms with Gasteiger partial charge < -0.3 is 10.6 Å². The third-order valence-corrected chi connectivity index (χ3v) is 2.89. The molecule has 1 aromatic rings. The average molecular weight is 223 g/mol. The van der Waals surface area contributed by atoms with Gasteiger partial charge in [0.1, 0.15) is 12.2 Å². The fraction of sp³-hybridized carbons (Fsp3) is 0.700. The average Bonchev–Trinajstić information content (AvgIpc) is 2.78. The van der Waals surface area contributed by atoms with Gasteiger partial charge in [-0.15, -0.1) is 0 Å². The molecule has 1 saturated heterocycles. The van der Waals surface area contributed by atoms with E-state index in [-0.39, 0.29) is 11.8 Å². The predicted molar refractivity (Wildman–Crippen MR) is 58.4 cm³/mol. The maximum absolute atomic E-state index is 11.8. The van der Waals surface area contributed by atoms with Crippen molar-refractivity contribution in [1.29, 1.82) is 0 Å². The Morgan fingerprint density at radius 1 is 1.69 bits per heavy atom. The molecule has 2 atom stereocenters. The van der Waals surface area contributed by atoms with Crippen molar-refractivity contribution in [1.82, 2.24) is 25.8 Å². The van der Waals surface area contributed by atoms with Crippen molar-refractivity contribution >= 4 is 5.91 Å². The monoisotopic (exact) mass is 223 g/mol. The minimum atomic E-state index is 0.116. The molecule has 1 aliphatic heterocycles. The Labute approximate surface area is 94.2 Å². The van der Waals surface area contributed by atoms with E-state index in [1.165, 1.54) is 6.33 Å². The highest BCUT2D eigenvalue weighted by Gasteiger charge is 2.24. The molecule has 2 rings (SSSR count). The zero-order valence-corrected chi connectivity index (χ0v) is 9.36. The van der Waals surface area contributed by atoms with Crippen LogP contribution in [0.15, 0.2) is 6.33 Å². The summed E-state index contributed by atoms with van der Waals surface area (Å²) in [6.07, 6.45) is 3.25. The minimum absolute atomic E-state index is 0.116. The highest BCUT2D eigenvalue weighted by Crippen LogP contribution is 2.15. The van der Waals surface area contributed by atoms with Crippen molar-refractivity contribution in [3.63, 3.8) is 0 Å². The SMILES string of the molecule is CC1CC(C(=O)NCc2ncn[nH]2)CCN1. The minimum Gasteiger partial charge on any atom is -0.349 e. The lowest BCUT2D eigenvalue weighted by Gasteiger charge is -2.26. The van der Waals surface area contributed by atoms with Crippen molar-refractivity contribution < 1.29 is 4.79 Å². The number of H-pyrrole nitrogens is 1. The maximum atomic E-state index is 11.8. The summed E-state index contributed by atoms with van der Waals surface area (Å²) in [5.74, 6) is 0.930. The predicted octanol–water partition coefficient (Wildman–Crippen LogP) is -0.191. The molecule has 1 aromatic heterocycles. The number of nitrogens with zero attached hydrogens (tertiary/aromatic N) is 2. The molecule has 0 spiro atoms. The Hall–Kier alpha value is -1.43. The summed E-state index contributed by atoms with van der Waals surface area (Å²) in [5, 5.41) is 12.6. The normalized spacial score (nSPS) is 25.3. The van der Waals surface area contributed by atoms with Crippen LogP contribution in [-0.4, -0.2) is 33.7 Å². The first-order chi connectivity index (χ1) is 7.75. The zero-order valence-electron chi connectivity index (χ0n) is 9.36. The van der Waals surface area contributed by atoms with Gasteiger partial charge in [0.05, 0.1) is 6.54 Å². The fourth-order valence-electron chi connectivity index (χ4n) is 2.00. The number of hydrogen-bond acceptors (Lipinski definition) is 4. The number of carbonyl (C=O) groups excluding carboxylic acids is 1. The Bertz CT molecular complexity index is 337. The number of amides is 1. The molecule has 6 nitrogen and oxygen atoms in total. The first-order valence-electron chi connectivity index (χ1n) is 5.61. The summed E-state index contributed by atoms with van der Waals surface area (Å²) in [6, 6.07) is 0.426. The Morgan fingerprint density at radius 2 is 2.56 bits per heavy atom. The summed E-state index contributed by atoms with van der Waals surface area (Å²) in [6.45, 7) is 3.45. The highest BCUT2D eigenvalue weighted by molar-refractivity contribution is 5.78. The first kappa shape index (κ1) is 11.1. The number of rotatable bonds is 3. The van der Waals surface area contributed by atoms with E-state index in [4.69, 9.17) is 0 Å². The van der Waals surface area contributed by atoms with Crippen LogP contribution in [0.3, 0.4) is 0 Å². The van der Waals surface area contributed by atoms with Crippen LogP contribution in [0.5, 0.6) is 0 Å². The molecule has 1 fully saturated rings. The van der Waals surface area contributed by atoms with Crippen molar-refractivity contribution in [3.05, 3.63) is 12.2 Å². The molecule has 2 unspecified atom stereocenters. The van der Waals surface area contributed by atoms with Gasteiger partial charge in [0.15, 0.2) is 0 Å². The molecular weight excluding hydrogens is 206 g/mol. The van der Waals surface area contributed by atoms with Gasteiger partial charge in [-0.3, -0.25) is 9.89 Å². The molecule has 0 aromatic carbocycles. The van der Waals surface area contributed by atoms with E-state index >= 15 is 0 Å². The molecule has 1 aliphatic rings. The molecule has 16 heavy (non-hydrogen) atoms. The van der Waals surface area contributed by atoms with E-state index in [2.05, 4.69) is 32.7 Å². The van der Waals surface area contributed by atoms with Crippen LogP contribution in [-0.2, 0) is 11.3 Å². The fourth-order valence-corrected chi connectivity index (χ4v) is 2.00. The Kier molecular flexibility index (Phi) is 3.51. The van der Waals surface area contributed by atoms with Gasteiger partial charge in [0.25, 0.3) is 0 Å². The first-order valence-corrected chi connectivity index (χ1v) is 5.61. The second-order valence-electron chi connectivity index (χ2n) is 4.23. The van der Waals surface area contributed by atoms with Gasteiger partial charge >= 0.3 is 0 Å². The lowest BCUT2D eigenvalue weighted by molar-refractivity contribution is -0.126. The number of hydrogen-bond donors (Lipinski definition) is 3. The Morgan fingerprint density at radius 3 is 3.25 bits per heavy atom. The number of aromatic amines is 1. The maximum Gasteiger partial charge on any atom is 0.223 e. The van der Waals surface area contributed by atoms with E-state index in [0.717, 1.165) is 19.4 Å². The number of aromatic nitrogens is 3. The molecule has 0 bridgehead atoms. The van der Waals surface area contributed by atoms with Gasteiger partial charge in [-0.05, 0) is 26.3 Å². The van der Waals surface area contributed by atoms with Gasteiger partial charge in [0, 0.05) is 12.0 Å². The molecule has 0 aliphatic carbocycles. The molecule has 88 valence electrons.